The molecule has 0 saturated carbocycles. The molecule has 0 aliphatic rings. The van der Waals surface area contributed by atoms with Gasteiger partial charge in [0, 0.05) is 24.7 Å². The Bertz CT molecular complexity index is 1420. The Morgan fingerprint density at radius 1 is 0.829 bits per heavy atom. The molecule has 4 aromatic rings. The number of nitrogens with one attached hydrogen (secondary N) is 2. The lowest BCUT2D eigenvalue weighted by molar-refractivity contribution is 0.0830. The second-order valence-electron chi connectivity index (χ2n) is 11.7. The summed E-state index contributed by atoms with van der Waals surface area (Å²) in [6, 6.07) is 27.8. The standard InChI is InChI=1S/C35H38F2N2O2/c1-35(2,3)21-24-14-15-31(26-10-6-4-7-11-26)28(16-24)22-38-23-33(40)32(19-25-17-29(36)20-30(37)18-25)39-34(41)27-12-8-5-9-13-27/h4-18,20,32-33,38,40H,19,21-23H2,1-3H3,(H,39,41)/t32-,33+/m0/s1. The van der Waals surface area contributed by atoms with Gasteiger partial charge in [0.05, 0.1) is 12.1 Å². The van der Waals surface area contributed by atoms with Gasteiger partial charge in [-0.2, -0.15) is 0 Å². The second kappa shape index (κ2) is 13.7. The smallest absolute Gasteiger partial charge is 0.251 e. The van der Waals surface area contributed by atoms with E-state index in [9.17, 15) is 18.7 Å². The van der Waals surface area contributed by atoms with E-state index in [2.05, 4.69) is 61.7 Å². The lowest BCUT2D eigenvalue weighted by atomic mass is 9.86. The topological polar surface area (TPSA) is 61.4 Å². The number of carbonyl (C=O) groups is 1. The maximum Gasteiger partial charge on any atom is 0.251 e. The molecule has 0 heterocycles. The highest BCUT2D eigenvalue weighted by atomic mass is 19.1. The van der Waals surface area contributed by atoms with Crippen LogP contribution in [0.15, 0.2) is 97.1 Å². The van der Waals surface area contributed by atoms with E-state index in [4.69, 9.17) is 0 Å². The number of halogens is 2. The highest BCUT2D eigenvalue weighted by molar-refractivity contribution is 5.94. The molecule has 1 amide bonds. The van der Waals surface area contributed by atoms with E-state index < -0.39 is 23.8 Å². The van der Waals surface area contributed by atoms with Crippen LogP contribution >= 0.6 is 0 Å². The third-order valence-electron chi connectivity index (χ3n) is 6.85. The number of hydrogen-bond donors (Lipinski definition) is 3. The van der Waals surface area contributed by atoms with Gasteiger partial charge in [-0.15, -0.1) is 0 Å². The molecule has 0 aliphatic heterocycles. The molecule has 0 aromatic heterocycles. The highest BCUT2D eigenvalue weighted by Crippen LogP contribution is 2.28. The fourth-order valence-corrected chi connectivity index (χ4v) is 5.02. The van der Waals surface area contributed by atoms with Crippen molar-refractivity contribution in [2.75, 3.05) is 6.54 Å². The van der Waals surface area contributed by atoms with E-state index in [1.807, 2.05) is 24.3 Å². The molecule has 0 aliphatic carbocycles. The molecule has 0 spiro atoms. The first-order valence-corrected chi connectivity index (χ1v) is 13.9. The van der Waals surface area contributed by atoms with E-state index in [0.29, 0.717) is 17.7 Å². The quantitative estimate of drug-likeness (QED) is 0.192. The van der Waals surface area contributed by atoms with Crippen LogP contribution in [0.25, 0.3) is 11.1 Å². The normalized spacial score (nSPS) is 13.0. The molecular formula is C35H38F2N2O2. The Morgan fingerprint density at radius 2 is 1.46 bits per heavy atom. The number of rotatable bonds is 11. The molecule has 214 valence electrons. The minimum absolute atomic E-state index is 0.0619. The van der Waals surface area contributed by atoms with E-state index in [-0.39, 0.29) is 24.3 Å². The third-order valence-corrected chi connectivity index (χ3v) is 6.85. The van der Waals surface area contributed by atoms with Crippen LogP contribution in [0.1, 0.15) is 47.8 Å². The molecule has 4 rings (SSSR count). The van der Waals surface area contributed by atoms with Crippen molar-refractivity contribution in [3.05, 3.63) is 131 Å². The van der Waals surface area contributed by atoms with Gasteiger partial charge in [-0.1, -0.05) is 87.5 Å². The summed E-state index contributed by atoms with van der Waals surface area (Å²) in [6.07, 6.45) is -0.0334. The lowest BCUT2D eigenvalue weighted by Crippen LogP contribution is -2.48. The van der Waals surface area contributed by atoms with Gasteiger partial charge in [0.2, 0.25) is 0 Å². The minimum Gasteiger partial charge on any atom is -0.390 e. The van der Waals surface area contributed by atoms with Crippen LogP contribution in [0, 0.1) is 17.0 Å². The molecule has 0 radical (unpaired) electrons. The average molecular weight is 557 g/mol. The number of carbonyl (C=O) groups excluding carboxylic acids is 1. The average Bonchev–Trinajstić information content (AvgIpc) is 2.92. The molecule has 0 unspecified atom stereocenters. The summed E-state index contributed by atoms with van der Waals surface area (Å²) in [5, 5.41) is 17.4. The van der Waals surface area contributed by atoms with Crippen LogP contribution in [0.4, 0.5) is 8.78 Å². The molecule has 3 N–H and O–H groups in total. The van der Waals surface area contributed by atoms with E-state index in [1.165, 1.54) is 17.7 Å². The van der Waals surface area contributed by atoms with E-state index in [0.717, 1.165) is 29.2 Å². The van der Waals surface area contributed by atoms with Crippen molar-refractivity contribution in [2.24, 2.45) is 5.41 Å². The zero-order valence-electron chi connectivity index (χ0n) is 23.8. The first kappa shape index (κ1) is 30.1. The number of amides is 1. The van der Waals surface area contributed by atoms with Crippen LogP contribution < -0.4 is 10.6 Å². The van der Waals surface area contributed by atoms with Gasteiger partial charge < -0.3 is 15.7 Å². The maximum atomic E-state index is 13.9. The first-order chi connectivity index (χ1) is 19.6. The second-order valence-corrected chi connectivity index (χ2v) is 11.7. The maximum absolute atomic E-state index is 13.9. The van der Waals surface area contributed by atoms with Crippen molar-refractivity contribution in [3.8, 4) is 11.1 Å². The molecule has 2 atom stereocenters. The van der Waals surface area contributed by atoms with Crippen LogP contribution in [0.5, 0.6) is 0 Å². The summed E-state index contributed by atoms with van der Waals surface area (Å²) in [4.78, 5) is 12.9. The number of hydrogen-bond acceptors (Lipinski definition) is 3. The van der Waals surface area contributed by atoms with E-state index in [1.54, 1.807) is 24.3 Å². The fourth-order valence-electron chi connectivity index (χ4n) is 5.02. The van der Waals surface area contributed by atoms with Crippen molar-refractivity contribution in [1.82, 2.24) is 10.6 Å². The zero-order valence-corrected chi connectivity index (χ0v) is 23.8. The predicted molar refractivity (Wildman–Crippen MR) is 161 cm³/mol. The minimum atomic E-state index is -1.02. The predicted octanol–water partition coefficient (Wildman–Crippen LogP) is 6.71. The Labute approximate surface area is 241 Å². The van der Waals surface area contributed by atoms with Gasteiger partial charge in [-0.3, -0.25) is 4.79 Å². The number of benzene rings is 4. The highest BCUT2D eigenvalue weighted by Gasteiger charge is 2.23. The Hall–Kier alpha value is -3.87. The Balaban J connectivity index is 1.52. The summed E-state index contributed by atoms with van der Waals surface area (Å²) < 4.78 is 27.8. The fraction of sp³-hybridized carbons (Fsp3) is 0.286. The number of aliphatic hydroxyl groups excluding tert-OH is 1. The molecular weight excluding hydrogens is 518 g/mol. The van der Waals surface area contributed by atoms with Gasteiger partial charge in [0.1, 0.15) is 11.6 Å². The summed E-state index contributed by atoms with van der Waals surface area (Å²) >= 11 is 0. The summed E-state index contributed by atoms with van der Waals surface area (Å²) in [5.74, 6) is -1.78. The van der Waals surface area contributed by atoms with Crippen LogP contribution in [-0.2, 0) is 19.4 Å². The van der Waals surface area contributed by atoms with Crippen molar-refractivity contribution in [3.63, 3.8) is 0 Å². The number of aliphatic hydroxyl groups is 1. The van der Waals surface area contributed by atoms with Gasteiger partial charge in [0.15, 0.2) is 0 Å². The molecule has 4 nitrogen and oxygen atoms in total. The van der Waals surface area contributed by atoms with Gasteiger partial charge in [-0.05, 0) is 70.3 Å². The van der Waals surface area contributed by atoms with Crippen LogP contribution in [-0.4, -0.2) is 29.7 Å². The largest absolute Gasteiger partial charge is 0.390 e. The van der Waals surface area contributed by atoms with Crippen molar-refractivity contribution >= 4 is 5.91 Å². The van der Waals surface area contributed by atoms with Crippen molar-refractivity contribution in [2.45, 2.75) is 52.3 Å². The third kappa shape index (κ3) is 9.07. The molecule has 0 saturated heterocycles. The van der Waals surface area contributed by atoms with Crippen LogP contribution in [0.2, 0.25) is 0 Å². The van der Waals surface area contributed by atoms with Gasteiger partial charge in [0.25, 0.3) is 5.91 Å². The van der Waals surface area contributed by atoms with Gasteiger partial charge >= 0.3 is 0 Å². The monoisotopic (exact) mass is 556 g/mol. The van der Waals surface area contributed by atoms with Crippen molar-refractivity contribution in [1.29, 1.82) is 0 Å². The molecule has 41 heavy (non-hydrogen) atoms. The summed E-state index contributed by atoms with van der Waals surface area (Å²) in [7, 11) is 0. The summed E-state index contributed by atoms with van der Waals surface area (Å²) in [5.41, 5.74) is 5.46. The molecule has 0 bridgehead atoms. The Morgan fingerprint density at radius 3 is 2.10 bits per heavy atom. The Kier molecular flexibility index (Phi) is 10.0. The van der Waals surface area contributed by atoms with Gasteiger partial charge in [-0.25, -0.2) is 8.78 Å². The van der Waals surface area contributed by atoms with Crippen LogP contribution in [0.3, 0.4) is 0 Å². The zero-order chi connectivity index (χ0) is 29.4. The first-order valence-electron chi connectivity index (χ1n) is 13.9. The summed E-state index contributed by atoms with van der Waals surface area (Å²) in [6.45, 7) is 7.28. The van der Waals surface area contributed by atoms with E-state index >= 15 is 0 Å². The molecule has 4 aromatic carbocycles. The lowest BCUT2D eigenvalue weighted by Gasteiger charge is -2.25. The molecule has 6 heteroatoms. The van der Waals surface area contributed by atoms with Crippen molar-refractivity contribution < 1.29 is 18.7 Å². The SMILES string of the molecule is CC(C)(C)Cc1ccc(-c2ccccc2)c(CNC[C@@H](O)[C@H](Cc2cc(F)cc(F)c2)NC(=O)c2ccccc2)c1. The molecule has 0 fully saturated rings.